The van der Waals surface area contributed by atoms with Crippen molar-refractivity contribution < 1.29 is 9.90 Å². The van der Waals surface area contributed by atoms with Crippen molar-refractivity contribution in [1.82, 2.24) is 24.8 Å². The first-order valence-corrected chi connectivity index (χ1v) is 7.46. The molecule has 0 unspecified atom stereocenters. The molecule has 0 saturated heterocycles. The number of benzene rings is 1. The van der Waals surface area contributed by atoms with Gasteiger partial charge >= 0.3 is 5.97 Å². The van der Waals surface area contributed by atoms with Crippen LogP contribution in [0.15, 0.2) is 36.9 Å². The summed E-state index contributed by atoms with van der Waals surface area (Å²) in [7, 11) is 0. The summed E-state index contributed by atoms with van der Waals surface area (Å²) in [5.74, 6) is -0.407. The van der Waals surface area contributed by atoms with Crippen LogP contribution in [-0.2, 0) is 6.42 Å². The topological polar surface area (TPSA) is 108 Å². The largest absolute Gasteiger partial charge is 0.478 e. The standard InChI is InChI=1S/C16H14N6O2/c1-2-11-12(16(23)24)7-22-14(11)15(17-8-19-22)20-10-4-3-9-6-18-21-13(9)5-10/h3-8H,2H2,1H3,(H,18,21)(H,23,24)(H,17,19,20). The number of rotatable bonds is 4. The summed E-state index contributed by atoms with van der Waals surface area (Å²) in [6.45, 7) is 1.91. The van der Waals surface area contributed by atoms with Crippen molar-refractivity contribution in [2.24, 2.45) is 0 Å². The van der Waals surface area contributed by atoms with Crippen LogP contribution in [0.1, 0.15) is 22.8 Å². The van der Waals surface area contributed by atoms with Crippen molar-refractivity contribution in [2.75, 3.05) is 5.32 Å². The van der Waals surface area contributed by atoms with E-state index in [9.17, 15) is 9.90 Å². The van der Waals surface area contributed by atoms with Crippen LogP contribution in [-0.4, -0.2) is 35.9 Å². The van der Waals surface area contributed by atoms with Gasteiger partial charge in [-0.15, -0.1) is 0 Å². The lowest BCUT2D eigenvalue weighted by atomic mass is 10.1. The average Bonchev–Trinajstić information content (AvgIpc) is 3.18. The quantitative estimate of drug-likeness (QED) is 0.533. The van der Waals surface area contributed by atoms with E-state index in [0.717, 1.165) is 16.6 Å². The number of aryl methyl sites for hydroxylation is 1. The molecule has 0 fully saturated rings. The fourth-order valence-corrected chi connectivity index (χ4v) is 2.86. The Morgan fingerprint density at radius 2 is 2.29 bits per heavy atom. The minimum Gasteiger partial charge on any atom is -0.478 e. The second-order valence-electron chi connectivity index (χ2n) is 5.38. The van der Waals surface area contributed by atoms with Gasteiger partial charge in [-0.25, -0.2) is 14.3 Å². The zero-order valence-corrected chi connectivity index (χ0v) is 12.8. The molecule has 3 heterocycles. The smallest absolute Gasteiger partial charge is 0.337 e. The fourth-order valence-electron chi connectivity index (χ4n) is 2.86. The highest BCUT2D eigenvalue weighted by Gasteiger charge is 2.19. The molecule has 0 bridgehead atoms. The first-order chi connectivity index (χ1) is 11.7. The molecule has 8 nitrogen and oxygen atoms in total. The molecule has 0 atom stereocenters. The molecule has 4 aromatic rings. The van der Waals surface area contributed by atoms with Crippen LogP contribution in [0.2, 0.25) is 0 Å². The van der Waals surface area contributed by atoms with Gasteiger partial charge in [-0.1, -0.05) is 6.92 Å². The van der Waals surface area contributed by atoms with E-state index in [2.05, 4.69) is 25.6 Å². The van der Waals surface area contributed by atoms with Crippen LogP contribution in [0.3, 0.4) is 0 Å². The van der Waals surface area contributed by atoms with E-state index in [1.807, 2.05) is 25.1 Å². The predicted octanol–water partition coefficient (Wildman–Crippen LogP) is 2.61. The molecule has 0 spiro atoms. The molecule has 8 heteroatoms. The lowest BCUT2D eigenvalue weighted by Gasteiger charge is -2.08. The Kier molecular flexibility index (Phi) is 3.16. The number of carboxylic acids is 1. The Morgan fingerprint density at radius 3 is 3.08 bits per heavy atom. The van der Waals surface area contributed by atoms with Gasteiger partial charge in [-0.05, 0) is 30.2 Å². The monoisotopic (exact) mass is 322 g/mol. The maximum atomic E-state index is 11.4. The predicted molar refractivity (Wildman–Crippen MR) is 88.7 cm³/mol. The number of nitrogens with one attached hydrogen (secondary N) is 2. The molecule has 0 aliphatic heterocycles. The third kappa shape index (κ3) is 2.16. The molecule has 0 aliphatic rings. The van der Waals surface area contributed by atoms with E-state index in [1.165, 1.54) is 12.5 Å². The lowest BCUT2D eigenvalue weighted by molar-refractivity contribution is 0.0696. The van der Waals surface area contributed by atoms with E-state index in [1.54, 1.807) is 10.7 Å². The van der Waals surface area contributed by atoms with E-state index < -0.39 is 5.97 Å². The number of aromatic amines is 1. The number of aromatic nitrogens is 5. The SMILES string of the molecule is CCc1c(C(=O)O)cn2ncnc(Nc3ccc4cn[nH]c4c3)c12. The number of hydrogen-bond acceptors (Lipinski definition) is 5. The summed E-state index contributed by atoms with van der Waals surface area (Å²) in [5.41, 5.74) is 3.34. The van der Waals surface area contributed by atoms with Crippen molar-refractivity contribution >= 4 is 33.9 Å². The van der Waals surface area contributed by atoms with Crippen LogP contribution in [0.5, 0.6) is 0 Å². The fraction of sp³-hybridized carbons (Fsp3) is 0.125. The minimum absolute atomic E-state index is 0.241. The van der Waals surface area contributed by atoms with Crippen LogP contribution < -0.4 is 5.32 Å². The Morgan fingerprint density at radius 1 is 1.42 bits per heavy atom. The van der Waals surface area contributed by atoms with E-state index in [-0.39, 0.29) is 5.56 Å². The van der Waals surface area contributed by atoms with Gasteiger partial charge in [0, 0.05) is 17.3 Å². The van der Waals surface area contributed by atoms with Gasteiger partial charge in [-0.3, -0.25) is 5.10 Å². The van der Waals surface area contributed by atoms with Crippen molar-refractivity contribution in [3.8, 4) is 0 Å². The highest BCUT2D eigenvalue weighted by molar-refractivity contribution is 5.94. The number of hydrogen-bond donors (Lipinski definition) is 3. The molecule has 0 amide bonds. The number of anilines is 2. The van der Waals surface area contributed by atoms with Crippen molar-refractivity contribution in [1.29, 1.82) is 0 Å². The minimum atomic E-state index is -0.970. The van der Waals surface area contributed by atoms with Crippen molar-refractivity contribution in [3.63, 3.8) is 0 Å². The van der Waals surface area contributed by atoms with Gasteiger partial charge in [0.1, 0.15) is 11.8 Å². The molecular formula is C16H14N6O2. The summed E-state index contributed by atoms with van der Waals surface area (Å²) >= 11 is 0. The summed E-state index contributed by atoms with van der Waals surface area (Å²) < 4.78 is 1.55. The number of H-pyrrole nitrogens is 1. The number of fused-ring (bicyclic) bond motifs is 2. The van der Waals surface area contributed by atoms with E-state index in [4.69, 9.17) is 0 Å². The van der Waals surface area contributed by atoms with Crippen molar-refractivity contribution in [3.05, 3.63) is 48.0 Å². The highest BCUT2D eigenvalue weighted by atomic mass is 16.4. The second-order valence-corrected chi connectivity index (χ2v) is 5.38. The lowest BCUT2D eigenvalue weighted by Crippen LogP contribution is -2.01. The summed E-state index contributed by atoms with van der Waals surface area (Å²) in [4.78, 5) is 15.7. The number of carboxylic acid groups (broad SMARTS) is 1. The molecule has 120 valence electrons. The number of carbonyl (C=O) groups is 1. The zero-order valence-electron chi connectivity index (χ0n) is 12.8. The summed E-state index contributed by atoms with van der Waals surface area (Å²) in [6.07, 6.45) is 5.24. The third-order valence-corrected chi connectivity index (χ3v) is 3.97. The molecule has 1 aromatic carbocycles. The maximum absolute atomic E-state index is 11.4. The van der Waals surface area contributed by atoms with Gasteiger partial charge in [-0.2, -0.15) is 10.2 Å². The van der Waals surface area contributed by atoms with Crippen LogP contribution >= 0.6 is 0 Å². The van der Waals surface area contributed by atoms with Gasteiger partial charge in [0.15, 0.2) is 5.82 Å². The van der Waals surface area contributed by atoms with Gasteiger partial charge < -0.3 is 10.4 Å². The molecule has 4 rings (SSSR count). The van der Waals surface area contributed by atoms with Gasteiger partial charge in [0.25, 0.3) is 0 Å². The Hall–Kier alpha value is -3.42. The van der Waals surface area contributed by atoms with E-state index in [0.29, 0.717) is 23.3 Å². The first-order valence-electron chi connectivity index (χ1n) is 7.46. The second kappa shape index (κ2) is 5.34. The Labute approximate surface area is 136 Å². The van der Waals surface area contributed by atoms with Crippen LogP contribution in [0.25, 0.3) is 16.4 Å². The van der Waals surface area contributed by atoms with Gasteiger partial charge in [0.2, 0.25) is 0 Å². The zero-order chi connectivity index (χ0) is 16.7. The van der Waals surface area contributed by atoms with Crippen LogP contribution in [0.4, 0.5) is 11.5 Å². The summed E-state index contributed by atoms with van der Waals surface area (Å²) in [6, 6.07) is 5.79. The molecule has 0 aliphatic carbocycles. The average molecular weight is 322 g/mol. The van der Waals surface area contributed by atoms with Gasteiger partial charge in [0.05, 0.1) is 17.3 Å². The third-order valence-electron chi connectivity index (χ3n) is 3.97. The molecular weight excluding hydrogens is 308 g/mol. The van der Waals surface area contributed by atoms with E-state index >= 15 is 0 Å². The molecule has 3 N–H and O–H groups in total. The number of nitrogens with zero attached hydrogens (tertiary/aromatic N) is 4. The Bertz CT molecular complexity index is 1060. The first kappa shape index (κ1) is 14.2. The van der Waals surface area contributed by atoms with Crippen molar-refractivity contribution in [2.45, 2.75) is 13.3 Å². The number of aromatic carboxylic acids is 1. The summed E-state index contributed by atoms with van der Waals surface area (Å²) in [5, 5.41) is 24.7. The molecule has 24 heavy (non-hydrogen) atoms. The molecule has 0 radical (unpaired) electrons. The molecule has 3 aromatic heterocycles. The maximum Gasteiger partial charge on any atom is 0.337 e. The molecule has 0 saturated carbocycles. The Balaban J connectivity index is 1.85. The normalized spacial score (nSPS) is 11.2. The highest BCUT2D eigenvalue weighted by Crippen LogP contribution is 2.27. The van der Waals surface area contributed by atoms with Crippen LogP contribution in [0, 0.1) is 0 Å².